The van der Waals surface area contributed by atoms with Crippen molar-refractivity contribution in [2.75, 3.05) is 9.80 Å². The van der Waals surface area contributed by atoms with Crippen molar-refractivity contribution in [3.8, 4) is 5.75 Å². The van der Waals surface area contributed by atoms with Crippen molar-refractivity contribution in [2.45, 2.75) is 73.4 Å². The summed E-state index contributed by atoms with van der Waals surface area (Å²) in [6, 6.07) is 38.6. The number of para-hydroxylation sites is 3. The van der Waals surface area contributed by atoms with Gasteiger partial charge in [0.1, 0.15) is 11.9 Å². The lowest BCUT2D eigenvalue weighted by Crippen LogP contribution is -2.45. The zero-order valence-corrected chi connectivity index (χ0v) is 34.0. The SMILES string of the molecule is C1=CC2C3=C(C=CCC3N3C4=C(CCCC4)Sc4ccccc43)C3(C4=C(CCC(N(c5ccccc5)C5C=CC=C6c7ccccc7OC65)=C4)c4ccccc43)C2C=C1. The molecule has 6 atom stereocenters. The van der Waals surface area contributed by atoms with E-state index in [2.05, 4.69) is 174 Å². The van der Waals surface area contributed by atoms with Crippen LogP contribution in [0.2, 0.25) is 0 Å². The predicted molar refractivity (Wildman–Crippen MR) is 243 cm³/mol. The Morgan fingerprint density at radius 3 is 2.49 bits per heavy atom. The van der Waals surface area contributed by atoms with E-state index in [1.807, 2.05) is 11.8 Å². The van der Waals surface area contributed by atoms with Crippen molar-refractivity contribution >= 4 is 34.3 Å². The number of hydrogen-bond acceptors (Lipinski definition) is 4. The predicted octanol–water partition coefficient (Wildman–Crippen LogP) is 13.1. The summed E-state index contributed by atoms with van der Waals surface area (Å²) in [5.41, 5.74) is 16.9. The fraction of sp³-hybridized carbons (Fsp3) is 0.236. The molecule has 13 rings (SSSR count). The molecular weight excluding hydrogens is 737 g/mol. The van der Waals surface area contributed by atoms with Gasteiger partial charge in [0.25, 0.3) is 0 Å². The minimum atomic E-state index is -0.294. The molecule has 9 aliphatic rings. The van der Waals surface area contributed by atoms with Gasteiger partial charge in [0.15, 0.2) is 0 Å². The number of ether oxygens (including phenoxy) is 1. The zero-order valence-electron chi connectivity index (χ0n) is 33.1. The molecule has 0 fully saturated rings. The maximum absolute atomic E-state index is 6.88. The minimum absolute atomic E-state index is 0.00972. The second-order valence-corrected chi connectivity index (χ2v) is 18.6. The molecule has 0 amide bonds. The molecule has 0 saturated heterocycles. The monoisotopic (exact) mass is 782 g/mol. The molecule has 1 spiro atoms. The normalized spacial score (nSPS) is 28.9. The van der Waals surface area contributed by atoms with E-state index in [1.165, 1.54) is 80.2 Å². The highest BCUT2D eigenvalue weighted by atomic mass is 32.2. The number of rotatable bonds is 4. The molecule has 3 nitrogen and oxygen atoms in total. The van der Waals surface area contributed by atoms with E-state index < -0.39 is 0 Å². The quantitative estimate of drug-likeness (QED) is 0.205. The molecule has 0 N–H and O–H groups in total. The molecule has 4 aromatic rings. The minimum Gasteiger partial charge on any atom is -0.483 e. The lowest BCUT2D eigenvalue weighted by atomic mass is 9.63. The highest BCUT2D eigenvalue weighted by Crippen LogP contribution is 2.67. The first kappa shape index (κ1) is 34.2. The first-order valence-electron chi connectivity index (χ1n) is 21.9. The van der Waals surface area contributed by atoms with Crippen molar-refractivity contribution in [1.29, 1.82) is 0 Å². The summed E-state index contributed by atoms with van der Waals surface area (Å²) < 4.78 is 6.88. The van der Waals surface area contributed by atoms with Crippen LogP contribution in [-0.2, 0) is 5.41 Å². The molecule has 288 valence electrons. The Hall–Kier alpha value is -5.71. The van der Waals surface area contributed by atoms with Gasteiger partial charge in [-0.1, -0.05) is 139 Å². The standard InChI is InChI=1S/C55H46N2OS/c1-2-16-35(17-3-1)56(49-28-14-21-40-39-19-6-11-29-50(39)58-54(40)49)36-32-33-38-37-18-4-7-22-42(37)55(45(38)34-36)43-23-8-5-20-41(43)53-44(55)24-15-27-48(53)57-46-25-9-12-30-51(46)59-52-31-13-10-26-47(52)57/h1-9,11-12,14-25,28-30,34,41,43,48-49,54H,10,13,26-27,31-33H2. The fourth-order valence-corrected chi connectivity index (χ4v) is 13.8. The number of fused-ring (bicyclic) bond motifs is 12. The van der Waals surface area contributed by atoms with Crippen molar-refractivity contribution in [3.05, 3.63) is 214 Å². The van der Waals surface area contributed by atoms with E-state index in [4.69, 9.17) is 4.74 Å². The molecular formula is C55H46N2OS. The van der Waals surface area contributed by atoms with Gasteiger partial charge in [0, 0.05) is 49.9 Å². The average Bonchev–Trinajstić information content (AvgIpc) is 3.93. The van der Waals surface area contributed by atoms with Crippen LogP contribution < -0.4 is 14.5 Å². The van der Waals surface area contributed by atoms with Gasteiger partial charge in [-0.2, -0.15) is 0 Å². The van der Waals surface area contributed by atoms with Crippen molar-refractivity contribution in [2.24, 2.45) is 11.8 Å². The van der Waals surface area contributed by atoms with Crippen LogP contribution in [0.15, 0.2) is 202 Å². The number of nitrogens with zero attached hydrogens (tertiary/aromatic N) is 2. The van der Waals surface area contributed by atoms with Crippen LogP contribution in [0.25, 0.3) is 11.1 Å². The van der Waals surface area contributed by atoms with Crippen LogP contribution in [0.4, 0.5) is 11.4 Å². The van der Waals surface area contributed by atoms with Crippen LogP contribution >= 0.6 is 11.8 Å². The molecule has 59 heavy (non-hydrogen) atoms. The third kappa shape index (κ3) is 4.78. The molecule has 4 aromatic carbocycles. The van der Waals surface area contributed by atoms with E-state index >= 15 is 0 Å². The average molecular weight is 783 g/mol. The summed E-state index contributed by atoms with van der Waals surface area (Å²) in [6.07, 6.45) is 32.3. The first-order valence-corrected chi connectivity index (χ1v) is 22.7. The number of thioether (sulfide) groups is 1. The molecule has 2 aliphatic heterocycles. The summed E-state index contributed by atoms with van der Waals surface area (Å²) in [6.45, 7) is 0. The van der Waals surface area contributed by atoms with Gasteiger partial charge in [-0.05, 0) is 115 Å². The van der Waals surface area contributed by atoms with Crippen LogP contribution in [0, 0.1) is 11.8 Å². The molecule has 0 radical (unpaired) electrons. The largest absolute Gasteiger partial charge is 0.483 e. The lowest BCUT2D eigenvalue weighted by molar-refractivity contribution is 0.256. The van der Waals surface area contributed by atoms with Crippen molar-refractivity contribution < 1.29 is 4.74 Å². The zero-order chi connectivity index (χ0) is 38.7. The number of hydrogen-bond donors (Lipinski definition) is 0. The van der Waals surface area contributed by atoms with Gasteiger partial charge >= 0.3 is 0 Å². The van der Waals surface area contributed by atoms with E-state index in [-0.39, 0.29) is 29.5 Å². The molecule has 0 saturated carbocycles. The van der Waals surface area contributed by atoms with Gasteiger partial charge in [-0.15, -0.1) is 0 Å². The molecule has 0 aromatic heterocycles. The van der Waals surface area contributed by atoms with E-state index in [0.29, 0.717) is 5.92 Å². The van der Waals surface area contributed by atoms with Gasteiger partial charge in [0.05, 0.1) is 23.2 Å². The number of allylic oxidation sites excluding steroid dienone is 14. The number of anilines is 2. The van der Waals surface area contributed by atoms with Crippen LogP contribution in [0.3, 0.4) is 0 Å². The first-order chi connectivity index (χ1) is 29.3. The summed E-state index contributed by atoms with van der Waals surface area (Å²) in [5.74, 6) is 1.57. The van der Waals surface area contributed by atoms with Crippen LogP contribution in [-0.4, -0.2) is 18.2 Å². The summed E-state index contributed by atoms with van der Waals surface area (Å²) in [5, 5.41) is 0. The molecule has 0 bridgehead atoms. The molecule has 6 unspecified atom stereocenters. The Morgan fingerprint density at radius 1 is 0.729 bits per heavy atom. The molecule has 4 heteroatoms. The number of benzene rings is 4. The Morgan fingerprint density at radius 2 is 1.54 bits per heavy atom. The third-order valence-corrected chi connectivity index (χ3v) is 16.0. The lowest BCUT2D eigenvalue weighted by Gasteiger charge is -2.44. The summed E-state index contributed by atoms with van der Waals surface area (Å²) in [7, 11) is 0. The maximum Gasteiger partial charge on any atom is 0.149 e. The fourth-order valence-electron chi connectivity index (χ4n) is 12.6. The molecule has 7 aliphatic carbocycles. The maximum atomic E-state index is 6.88. The van der Waals surface area contributed by atoms with Gasteiger partial charge in [-0.3, -0.25) is 0 Å². The van der Waals surface area contributed by atoms with Crippen molar-refractivity contribution in [3.63, 3.8) is 0 Å². The van der Waals surface area contributed by atoms with Gasteiger partial charge in [-0.25, -0.2) is 0 Å². The Labute approximate surface area is 351 Å². The van der Waals surface area contributed by atoms with E-state index in [9.17, 15) is 0 Å². The van der Waals surface area contributed by atoms with E-state index in [1.54, 1.807) is 16.2 Å². The van der Waals surface area contributed by atoms with Gasteiger partial charge < -0.3 is 14.5 Å². The third-order valence-electron chi connectivity index (χ3n) is 14.7. The Bertz CT molecular complexity index is 2760. The topological polar surface area (TPSA) is 15.7 Å². The Kier molecular flexibility index (Phi) is 7.62. The van der Waals surface area contributed by atoms with Crippen molar-refractivity contribution in [1.82, 2.24) is 0 Å². The smallest absolute Gasteiger partial charge is 0.149 e. The van der Waals surface area contributed by atoms with Crippen LogP contribution in [0.1, 0.15) is 61.6 Å². The second kappa shape index (κ2) is 13.1. The summed E-state index contributed by atoms with van der Waals surface area (Å²) in [4.78, 5) is 8.46. The highest BCUT2D eigenvalue weighted by molar-refractivity contribution is 8.03. The summed E-state index contributed by atoms with van der Waals surface area (Å²) >= 11 is 2.04. The van der Waals surface area contributed by atoms with Gasteiger partial charge in [0.2, 0.25) is 0 Å². The molecule has 2 heterocycles. The Balaban J connectivity index is 1.01. The van der Waals surface area contributed by atoms with Crippen LogP contribution in [0.5, 0.6) is 5.75 Å². The highest BCUT2D eigenvalue weighted by Gasteiger charge is 2.60. The van der Waals surface area contributed by atoms with E-state index in [0.717, 1.165) is 31.4 Å². The second-order valence-electron chi connectivity index (χ2n) is 17.5.